The van der Waals surface area contributed by atoms with E-state index in [0.29, 0.717) is 17.4 Å². The van der Waals surface area contributed by atoms with E-state index in [2.05, 4.69) is 31.2 Å². The number of nitrogens with zero attached hydrogens (tertiary/aromatic N) is 1. The van der Waals surface area contributed by atoms with E-state index in [-0.39, 0.29) is 19.2 Å². The molecule has 0 aliphatic rings. The van der Waals surface area contributed by atoms with E-state index in [9.17, 15) is 19.4 Å². The molecule has 350 valence electrons. The molecule has 0 aliphatic heterocycles. The van der Waals surface area contributed by atoms with E-state index < -0.39 is 20.5 Å². The van der Waals surface area contributed by atoms with Gasteiger partial charge in [0.05, 0.1) is 27.7 Å². The average molecular weight is 856 g/mol. The molecule has 0 saturated heterocycles. The third kappa shape index (κ3) is 49.5. The van der Waals surface area contributed by atoms with Crippen molar-refractivity contribution in [2.75, 3.05) is 47.5 Å². The lowest BCUT2D eigenvalue weighted by molar-refractivity contribution is -0.870. The summed E-state index contributed by atoms with van der Waals surface area (Å²) in [5.74, 6) is -0.381. The molecule has 0 aromatic carbocycles. The number of hydrogen-bond donors (Lipinski definition) is 1. The highest BCUT2D eigenvalue weighted by Gasteiger charge is 2.17. The van der Waals surface area contributed by atoms with Crippen molar-refractivity contribution in [2.45, 2.75) is 244 Å². The maximum Gasteiger partial charge on any atom is 0.305 e. The van der Waals surface area contributed by atoms with Gasteiger partial charge < -0.3 is 28.3 Å². The third-order valence-corrected chi connectivity index (χ3v) is 12.2. The van der Waals surface area contributed by atoms with Crippen LogP contribution in [0.15, 0.2) is 24.3 Å². The first-order valence-corrected chi connectivity index (χ1v) is 26.6. The maximum atomic E-state index is 12.0. The van der Waals surface area contributed by atoms with Gasteiger partial charge in [0.1, 0.15) is 25.9 Å². The number of likely N-dealkylation sites (N-methyl/N-ethyl adjacent to an activating group) is 1. The summed E-state index contributed by atoms with van der Waals surface area (Å²) in [5.41, 5.74) is 0. The van der Waals surface area contributed by atoms with Gasteiger partial charge in [-0.15, -0.1) is 0 Å². The highest BCUT2D eigenvalue weighted by Crippen LogP contribution is 2.38. The molecule has 0 rings (SSSR count). The fourth-order valence-electron chi connectivity index (χ4n) is 7.27. The summed E-state index contributed by atoms with van der Waals surface area (Å²) in [5, 5.41) is 9.90. The Labute approximate surface area is 366 Å². The maximum absolute atomic E-state index is 12.0. The van der Waals surface area contributed by atoms with Crippen molar-refractivity contribution in [3.8, 4) is 0 Å². The van der Waals surface area contributed by atoms with Gasteiger partial charge in [-0.2, -0.15) is 0 Å². The third-order valence-electron chi connectivity index (χ3n) is 11.2. The van der Waals surface area contributed by atoms with Crippen LogP contribution in [0.25, 0.3) is 0 Å². The van der Waals surface area contributed by atoms with Gasteiger partial charge in [0, 0.05) is 6.42 Å². The van der Waals surface area contributed by atoms with Crippen molar-refractivity contribution in [2.24, 2.45) is 0 Å². The van der Waals surface area contributed by atoms with Crippen molar-refractivity contribution >= 4 is 13.8 Å². The fourth-order valence-corrected chi connectivity index (χ4v) is 8.01. The second-order valence-corrected chi connectivity index (χ2v) is 19.8. The number of quaternary nitrogens is 1. The van der Waals surface area contributed by atoms with Gasteiger partial charge in [0.25, 0.3) is 7.82 Å². The molecule has 0 aliphatic carbocycles. The van der Waals surface area contributed by atoms with E-state index in [1.807, 2.05) is 21.1 Å². The first-order chi connectivity index (χ1) is 28.6. The largest absolute Gasteiger partial charge is 0.756 e. The highest BCUT2D eigenvalue weighted by atomic mass is 31.2. The molecule has 59 heavy (non-hydrogen) atoms. The predicted octanol–water partition coefficient (Wildman–Crippen LogP) is 14.3. The molecule has 0 bridgehead atoms. The number of unbranched alkanes of at least 4 members (excludes halogenated alkanes) is 32. The zero-order chi connectivity index (χ0) is 43.4. The molecule has 0 fully saturated rings. The van der Waals surface area contributed by atoms with Crippen LogP contribution in [0.3, 0.4) is 0 Å². The van der Waals surface area contributed by atoms with Gasteiger partial charge in [-0.3, -0.25) is 9.36 Å². The van der Waals surface area contributed by atoms with Crippen LogP contribution in [-0.4, -0.2) is 69.2 Å². The van der Waals surface area contributed by atoms with Crippen LogP contribution in [0, 0.1) is 0 Å². The van der Waals surface area contributed by atoms with Gasteiger partial charge >= 0.3 is 5.97 Å². The summed E-state index contributed by atoms with van der Waals surface area (Å²) < 4.78 is 26.9. The normalized spacial score (nSPS) is 13.8. The van der Waals surface area contributed by atoms with Crippen LogP contribution in [0.2, 0.25) is 0 Å². The zero-order valence-corrected chi connectivity index (χ0v) is 40.4. The van der Waals surface area contributed by atoms with Crippen LogP contribution in [0.4, 0.5) is 0 Å². The predicted molar refractivity (Wildman–Crippen MR) is 250 cm³/mol. The lowest BCUT2D eigenvalue weighted by atomic mass is 10.0. The fraction of sp³-hybridized carbons (Fsp3) is 0.900. The van der Waals surface area contributed by atoms with Gasteiger partial charge in [0.2, 0.25) is 0 Å². The molecule has 0 amide bonds. The molecule has 8 nitrogen and oxygen atoms in total. The minimum Gasteiger partial charge on any atom is -0.756 e. The Morgan fingerprint density at radius 1 is 0.542 bits per heavy atom. The minimum absolute atomic E-state index is 0.00600. The first-order valence-electron chi connectivity index (χ1n) is 25.1. The van der Waals surface area contributed by atoms with Gasteiger partial charge in [-0.1, -0.05) is 217 Å². The van der Waals surface area contributed by atoms with Crippen LogP contribution < -0.4 is 4.89 Å². The number of allylic oxidation sites excluding steroid dienone is 4. The quantitative estimate of drug-likeness (QED) is 0.0214. The van der Waals surface area contributed by atoms with E-state index in [1.165, 1.54) is 199 Å². The number of carbonyl (C=O) groups is 1. The second-order valence-electron chi connectivity index (χ2n) is 18.4. The summed E-state index contributed by atoms with van der Waals surface area (Å²) in [6.45, 7) is 1.97. The molecule has 0 heterocycles. The van der Waals surface area contributed by atoms with Crippen LogP contribution in [0.1, 0.15) is 238 Å². The Hall–Kier alpha value is -1.02. The number of rotatable bonds is 47. The number of phosphoric acid groups is 1. The molecule has 0 aromatic heterocycles. The van der Waals surface area contributed by atoms with Crippen LogP contribution >= 0.6 is 7.82 Å². The summed E-state index contributed by atoms with van der Waals surface area (Å²) >= 11 is 0. The molecular weight excluding hydrogens is 758 g/mol. The van der Waals surface area contributed by atoms with E-state index in [4.69, 9.17) is 13.8 Å². The minimum atomic E-state index is -4.50. The lowest BCUT2D eigenvalue weighted by Gasteiger charge is -2.27. The molecule has 9 heteroatoms. The standard InChI is InChI=1S/C50H98NO7P/c1-5-6-7-8-9-10-11-12-13-14-15-16-17-18-19-20-21-22-23-24-25-26-27-28-29-30-31-32-33-34-35-36-37-38-39-40-41-42-43-44-50(53)56-47-49(52)48-58-59(54,55)57-46-45-51(2,3)4/h11-12,14-15,49,52H,5-10,13,16-48H2,1-4H3/b12-11-,15-14-. The molecule has 2 unspecified atom stereocenters. The Kier molecular flexibility index (Phi) is 42.9. The number of hydrogen-bond acceptors (Lipinski definition) is 7. The summed E-state index contributed by atoms with van der Waals surface area (Å²) in [7, 11) is 1.26. The summed E-state index contributed by atoms with van der Waals surface area (Å²) in [6.07, 6.45) is 55.4. The molecule has 0 aromatic rings. The smallest absolute Gasteiger partial charge is 0.305 e. The Morgan fingerprint density at radius 3 is 1.27 bits per heavy atom. The Balaban J connectivity index is 3.29. The number of aliphatic hydroxyl groups is 1. The van der Waals surface area contributed by atoms with Gasteiger partial charge in [-0.25, -0.2) is 0 Å². The van der Waals surface area contributed by atoms with Crippen LogP contribution in [-0.2, 0) is 23.1 Å². The molecule has 0 spiro atoms. The number of phosphoric ester groups is 1. The molecule has 1 N–H and O–H groups in total. The summed E-state index contributed by atoms with van der Waals surface area (Å²) in [4.78, 5) is 23.7. The molecule has 0 saturated carbocycles. The SMILES string of the molecule is CCCCCCC/C=C\C/C=C\CCCCCCCCCCCCCCCCCCCCCCCCCCCCCC(=O)OCC(O)COP(=O)([O-])OCC[N+](C)(C)C. The topological polar surface area (TPSA) is 105 Å². The van der Waals surface area contributed by atoms with Crippen molar-refractivity contribution in [1.82, 2.24) is 0 Å². The van der Waals surface area contributed by atoms with Gasteiger partial charge in [-0.05, 0) is 38.5 Å². The van der Waals surface area contributed by atoms with E-state index in [0.717, 1.165) is 25.7 Å². The number of aliphatic hydroxyl groups excluding tert-OH is 1. The molecule has 0 radical (unpaired) electrons. The molecule has 2 atom stereocenters. The molecular formula is C50H98NO7P. The number of esters is 1. The summed E-state index contributed by atoms with van der Waals surface area (Å²) in [6, 6.07) is 0. The van der Waals surface area contributed by atoms with Crippen LogP contribution in [0.5, 0.6) is 0 Å². The number of ether oxygens (including phenoxy) is 1. The lowest BCUT2D eigenvalue weighted by Crippen LogP contribution is -2.37. The van der Waals surface area contributed by atoms with Crippen molar-refractivity contribution in [1.29, 1.82) is 0 Å². The second kappa shape index (κ2) is 43.6. The van der Waals surface area contributed by atoms with Gasteiger partial charge in [0.15, 0.2) is 0 Å². The monoisotopic (exact) mass is 856 g/mol. The van der Waals surface area contributed by atoms with E-state index >= 15 is 0 Å². The Bertz CT molecular complexity index is 998. The van der Waals surface area contributed by atoms with Crippen molar-refractivity contribution in [3.63, 3.8) is 0 Å². The Morgan fingerprint density at radius 2 is 0.898 bits per heavy atom. The highest BCUT2D eigenvalue weighted by molar-refractivity contribution is 7.45. The first kappa shape index (κ1) is 58.0. The van der Waals surface area contributed by atoms with Crippen molar-refractivity contribution in [3.05, 3.63) is 24.3 Å². The average Bonchev–Trinajstić information content (AvgIpc) is 3.19. The van der Waals surface area contributed by atoms with E-state index in [1.54, 1.807) is 0 Å². The number of carbonyl (C=O) groups excluding carboxylic acids is 1. The van der Waals surface area contributed by atoms with Crippen molar-refractivity contribution < 1.29 is 37.6 Å². The zero-order valence-electron chi connectivity index (χ0n) is 39.5.